The normalized spacial score (nSPS) is 16.9. The molecule has 0 fully saturated rings. The molecule has 0 spiro atoms. The van der Waals surface area contributed by atoms with Gasteiger partial charge in [0.25, 0.3) is 0 Å². The number of rotatable bonds is 6. The molecule has 0 aromatic heterocycles. The van der Waals surface area contributed by atoms with Crippen LogP contribution in [0.15, 0.2) is 12.1 Å². The summed E-state index contributed by atoms with van der Waals surface area (Å²) in [6, 6.07) is 4.28. The molecule has 1 aromatic carbocycles. The van der Waals surface area contributed by atoms with Crippen molar-refractivity contribution in [1.82, 2.24) is 0 Å². The van der Waals surface area contributed by atoms with Gasteiger partial charge in [0, 0.05) is 12.5 Å². The lowest BCUT2D eigenvalue weighted by molar-refractivity contribution is -0.143. The van der Waals surface area contributed by atoms with Crippen LogP contribution in [0.4, 0.5) is 0 Å². The first-order chi connectivity index (χ1) is 9.65. The van der Waals surface area contributed by atoms with Gasteiger partial charge in [-0.15, -0.1) is 0 Å². The van der Waals surface area contributed by atoms with E-state index in [1.807, 2.05) is 19.9 Å². The molecule has 1 aliphatic carbocycles. The van der Waals surface area contributed by atoms with E-state index in [0.717, 1.165) is 24.2 Å². The van der Waals surface area contributed by atoms with Crippen molar-refractivity contribution in [2.24, 2.45) is 5.73 Å². The summed E-state index contributed by atoms with van der Waals surface area (Å²) in [7, 11) is 0. The molecule has 20 heavy (non-hydrogen) atoms. The third kappa shape index (κ3) is 3.31. The molecule has 0 saturated heterocycles. The second kappa shape index (κ2) is 6.75. The molecular weight excluding hydrogens is 254 g/mol. The van der Waals surface area contributed by atoms with Crippen LogP contribution in [-0.2, 0) is 28.8 Å². The molecule has 2 rings (SSSR count). The van der Waals surface area contributed by atoms with Crippen molar-refractivity contribution in [2.45, 2.75) is 45.6 Å². The molecule has 0 amide bonds. The summed E-state index contributed by atoms with van der Waals surface area (Å²) in [5, 5.41) is 0. The molecule has 1 aliphatic rings. The van der Waals surface area contributed by atoms with E-state index in [-0.39, 0.29) is 12.0 Å². The standard InChI is InChI=1S/C16H23NO3/c1-3-19-15-7-5-11-9-12(17)10-14(11)13(15)6-8-16(18)20-4-2/h5,7,12H,3-4,6,8-10,17H2,1-2H3. The van der Waals surface area contributed by atoms with Gasteiger partial charge < -0.3 is 15.2 Å². The minimum absolute atomic E-state index is 0.158. The highest BCUT2D eigenvalue weighted by Crippen LogP contribution is 2.32. The Bertz CT molecular complexity index is 485. The fourth-order valence-corrected chi connectivity index (χ4v) is 2.81. The molecular formula is C16H23NO3. The Balaban J connectivity index is 2.20. The second-order valence-corrected chi connectivity index (χ2v) is 5.09. The van der Waals surface area contributed by atoms with Crippen LogP contribution in [0.5, 0.6) is 5.75 Å². The largest absolute Gasteiger partial charge is 0.494 e. The van der Waals surface area contributed by atoms with E-state index in [9.17, 15) is 4.79 Å². The Labute approximate surface area is 120 Å². The van der Waals surface area contributed by atoms with Gasteiger partial charge >= 0.3 is 5.97 Å². The van der Waals surface area contributed by atoms with Crippen LogP contribution in [-0.4, -0.2) is 25.2 Å². The number of fused-ring (bicyclic) bond motifs is 1. The number of benzene rings is 1. The monoisotopic (exact) mass is 277 g/mol. The second-order valence-electron chi connectivity index (χ2n) is 5.09. The fraction of sp³-hybridized carbons (Fsp3) is 0.562. The third-order valence-corrected chi connectivity index (χ3v) is 3.62. The van der Waals surface area contributed by atoms with Crippen LogP contribution in [0, 0.1) is 0 Å². The number of carbonyl (C=O) groups excluding carboxylic acids is 1. The molecule has 2 N–H and O–H groups in total. The minimum Gasteiger partial charge on any atom is -0.494 e. The molecule has 0 aliphatic heterocycles. The van der Waals surface area contributed by atoms with E-state index in [4.69, 9.17) is 15.2 Å². The first-order valence-corrected chi connectivity index (χ1v) is 7.33. The number of esters is 1. The average molecular weight is 277 g/mol. The van der Waals surface area contributed by atoms with E-state index in [1.54, 1.807) is 0 Å². The molecule has 110 valence electrons. The highest BCUT2D eigenvalue weighted by molar-refractivity contribution is 5.70. The van der Waals surface area contributed by atoms with Crippen LogP contribution in [0.2, 0.25) is 0 Å². The molecule has 1 atom stereocenters. The van der Waals surface area contributed by atoms with Gasteiger partial charge in [0.05, 0.1) is 13.2 Å². The van der Waals surface area contributed by atoms with E-state index in [2.05, 4.69) is 6.07 Å². The number of hydrogen-bond acceptors (Lipinski definition) is 4. The number of nitrogens with two attached hydrogens (primary N) is 1. The van der Waals surface area contributed by atoms with Gasteiger partial charge in [-0.2, -0.15) is 0 Å². The van der Waals surface area contributed by atoms with Gasteiger partial charge in [0.2, 0.25) is 0 Å². The van der Waals surface area contributed by atoms with Crippen molar-refractivity contribution in [2.75, 3.05) is 13.2 Å². The third-order valence-electron chi connectivity index (χ3n) is 3.62. The van der Waals surface area contributed by atoms with Gasteiger partial charge in [0.15, 0.2) is 0 Å². The molecule has 0 bridgehead atoms. The van der Waals surface area contributed by atoms with Crippen molar-refractivity contribution in [1.29, 1.82) is 0 Å². The van der Waals surface area contributed by atoms with E-state index in [0.29, 0.717) is 26.1 Å². The van der Waals surface area contributed by atoms with Crippen molar-refractivity contribution >= 4 is 5.97 Å². The molecule has 0 radical (unpaired) electrons. The van der Waals surface area contributed by atoms with Crippen molar-refractivity contribution < 1.29 is 14.3 Å². The van der Waals surface area contributed by atoms with Crippen LogP contribution in [0.25, 0.3) is 0 Å². The lowest BCUT2D eigenvalue weighted by atomic mass is 9.98. The quantitative estimate of drug-likeness (QED) is 0.808. The lowest BCUT2D eigenvalue weighted by Crippen LogP contribution is -2.19. The van der Waals surface area contributed by atoms with E-state index >= 15 is 0 Å². The first kappa shape index (κ1) is 14.9. The zero-order valence-corrected chi connectivity index (χ0v) is 12.3. The maximum atomic E-state index is 11.6. The Morgan fingerprint density at radius 1 is 1.30 bits per heavy atom. The van der Waals surface area contributed by atoms with Gasteiger partial charge in [-0.25, -0.2) is 0 Å². The van der Waals surface area contributed by atoms with E-state index < -0.39 is 0 Å². The van der Waals surface area contributed by atoms with Gasteiger partial charge in [0.1, 0.15) is 5.75 Å². The van der Waals surface area contributed by atoms with Crippen LogP contribution >= 0.6 is 0 Å². The van der Waals surface area contributed by atoms with Crippen LogP contribution in [0.1, 0.15) is 37.0 Å². The Morgan fingerprint density at radius 3 is 2.80 bits per heavy atom. The summed E-state index contributed by atoms with van der Waals surface area (Å²) in [5.41, 5.74) is 9.74. The smallest absolute Gasteiger partial charge is 0.306 e. The maximum absolute atomic E-state index is 11.6. The summed E-state index contributed by atoms with van der Waals surface area (Å²) in [5.74, 6) is 0.722. The zero-order chi connectivity index (χ0) is 14.5. The van der Waals surface area contributed by atoms with Crippen molar-refractivity contribution in [3.63, 3.8) is 0 Å². The van der Waals surface area contributed by atoms with Gasteiger partial charge in [-0.1, -0.05) is 6.07 Å². The highest BCUT2D eigenvalue weighted by Gasteiger charge is 2.23. The molecule has 4 heteroatoms. The Kier molecular flexibility index (Phi) is 5.01. The summed E-state index contributed by atoms with van der Waals surface area (Å²) in [4.78, 5) is 11.6. The lowest BCUT2D eigenvalue weighted by Gasteiger charge is -2.14. The van der Waals surface area contributed by atoms with Gasteiger partial charge in [-0.3, -0.25) is 4.79 Å². The Hall–Kier alpha value is -1.55. The summed E-state index contributed by atoms with van der Waals surface area (Å²) in [6.07, 6.45) is 2.83. The topological polar surface area (TPSA) is 61.5 Å². The van der Waals surface area contributed by atoms with Crippen molar-refractivity contribution in [3.05, 3.63) is 28.8 Å². The van der Waals surface area contributed by atoms with Crippen molar-refractivity contribution in [3.8, 4) is 5.75 Å². The molecule has 1 aromatic rings. The highest BCUT2D eigenvalue weighted by atomic mass is 16.5. The SMILES string of the molecule is CCOC(=O)CCc1c(OCC)ccc2c1CC(N)C2. The predicted octanol–water partition coefficient (Wildman–Crippen LogP) is 2.01. The average Bonchev–Trinajstić information content (AvgIpc) is 2.78. The van der Waals surface area contributed by atoms with E-state index in [1.165, 1.54) is 11.1 Å². The predicted molar refractivity (Wildman–Crippen MR) is 77.9 cm³/mol. The summed E-state index contributed by atoms with van der Waals surface area (Å²) in [6.45, 7) is 4.84. The summed E-state index contributed by atoms with van der Waals surface area (Å²) < 4.78 is 10.7. The summed E-state index contributed by atoms with van der Waals surface area (Å²) >= 11 is 0. The first-order valence-electron chi connectivity index (χ1n) is 7.33. The minimum atomic E-state index is -0.158. The molecule has 1 unspecified atom stereocenters. The number of carbonyl (C=O) groups is 1. The van der Waals surface area contributed by atoms with Crippen LogP contribution < -0.4 is 10.5 Å². The maximum Gasteiger partial charge on any atom is 0.306 e. The molecule has 0 saturated carbocycles. The molecule has 4 nitrogen and oxygen atoms in total. The fourth-order valence-electron chi connectivity index (χ4n) is 2.81. The zero-order valence-electron chi connectivity index (χ0n) is 12.3. The van der Waals surface area contributed by atoms with Gasteiger partial charge in [-0.05, 0) is 55.9 Å². The number of hydrogen-bond donors (Lipinski definition) is 1. The number of ether oxygens (including phenoxy) is 2. The molecule has 0 heterocycles. The Morgan fingerprint density at radius 2 is 2.10 bits per heavy atom. The van der Waals surface area contributed by atoms with Crippen LogP contribution in [0.3, 0.4) is 0 Å².